The lowest BCUT2D eigenvalue weighted by Gasteiger charge is -2.09. The minimum Gasteiger partial charge on any atom is -0.355 e. The maximum Gasteiger partial charge on any atom is 0.240 e. The van der Waals surface area contributed by atoms with E-state index in [2.05, 4.69) is 26.0 Å². The van der Waals surface area contributed by atoms with Crippen molar-refractivity contribution in [1.82, 2.24) is 10.0 Å². The number of sulfonamides is 1. The van der Waals surface area contributed by atoms with Gasteiger partial charge in [0.2, 0.25) is 15.9 Å². The molecule has 0 unspecified atom stereocenters. The molecule has 25 heavy (non-hydrogen) atoms. The highest BCUT2D eigenvalue weighted by Gasteiger charge is 2.15. The molecule has 0 saturated carbocycles. The van der Waals surface area contributed by atoms with Crippen molar-refractivity contribution in [2.24, 2.45) is 0 Å². The van der Waals surface area contributed by atoms with Gasteiger partial charge in [-0.3, -0.25) is 4.79 Å². The van der Waals surface area contributed by atoms with Crippen LogP contribution in [0.2, 0.25) is 0 Å². The molecule has 2 N–H and O–H groups in total. The molecular formula is C16H15BrF2N2O3S. The van der Waals surface area contributed by atoms with E-state index in [0.717, 1.165) is 6.07 Å². The summed E-state index contributed by atoms with van der Waals surface area (Å²) in [5.41, 5.74) is 0.643. The molecule has 0 fully saturated rings. The monoisotopic (exact) mass is 432 g/mol. The van der Waals surface area contributed by atoms with Crippen LogP contribution in [0.15, 0.2) is 51.8 Å². The second kappa shape index (κ2) is 8.50. The lowest BCUT2D eigenvalue weighted by molar-refractivity contribution is -0.120. The Bertz CT molecular complexity index is 858. The van der Waals surface area contributed by atoms with Crippen molar-refractivity contribution in [3.63, 3.8) is 0 Å². The van der Waals surface area contributed by atoms with E-state index in [1.165, 1.54) is 36.4 Å². The van der Waals surface area contributed by atoms with Crippen LogP contribution in [-0.4, -0.2) is 27.4 Å². The third-order valence-corrected chi connectivity index (χ3v) is 5.32. The number of rotatable bonds is 7. The average molecular weight is 433 g/mol. The zero-order chi connectivity index (χ0) is 18.4. The molecule has 5 nitrogen and oxygen atoms in total. The van der Waals surface area contributed by atoms with Crippen LogP contribution in [0.1, 0.15) is 5.56 Å². The van der Waals surface area contributed by atoms with Gasteiger partial charge in [0.15, 0.2) is 0 Å². The van der Waals surface area contributed by atoms with E-state index in [1.807, 2.05) is 0 Å². The van der Waals surface area contributed by atoms with Gasteiger partial charge in [-0.05, 0) is 51.8 Å². The summed E-state index contributed by atoms with van der Waals surface area (Å²) in [6, 6.07) is 8.98. The SMILES string of the molecule is O=C(Cc1ccc(F)cc1)NCCNS(=O)(=O)c1ccc(Br)c(F)c1. The third kappa shape index (κ3) is 5.87. The molecule has 0 radical (unpaired) electrons. The molecule has 2 aromatic carbocycles. The maximum atomic E-state index is 13.4. The van der Waals surface area contributed by atoms with Gasteiger partial charge in [0.1, 0.15) is 11.6 Å². The van der Waals surface area contributed by atoms with Gasteiger partial charge in [-0.15, -0.1) is 0 Å². The fourth-order valence-corrected chi connectivity index (χ4v) is 3.25. The van der Waals surface area contributed by atoms with Crippen molar-refractivity contribution in [1.29, 1.82) is 0 Å². The Morgan fingerprint density at radius 2 is 1.72 bits per heavy atom. The first kappa shape index (κ1) is 19.5. The van der Waals surface area contributed by atoms with Crippen molar-refractivity contribution in [2.75, 3.05) is 13.1 Å². The van der Waals surface area contributed by atoms with Crippen molar-refractivity contribution in [3.8, 4) is 0 Å². The van der Waals surface area contributed by atoms with Crippen molar-refractivity contribution < 1.29 is 22.0 Å². The van der Waals surface area contributed by atoms with Gasteiger partial charge in [0, 0.05) is 13.1 Å². The molecule has 134 valence electrons. The number of carbonyl (C=O) groups is 1. The Labute approximate surface area is 152 Å². The van der Waals surface area contributed by atoms with E-state index in [-0.39, 0.29) is 40.6 Å². The Morgan fingerprint density at radius 3 is 2.36 bits per heavy atom. The summed E-state index contributed by atoms with van der Waals surface area (Å²) in [5.74, 6) is -1.39. The van der Waals surface area contributed by atoms with Crippen LogP contribution in [0.25, 0.3) is 0 Å². The molecule has 0 aliphatic heterocycles. The fraction of sp³-hybridized carbons (Fsp3) is 0.188. The second-order valence-corrected chi connectivity index (χ2v) is 7.75. The molecule has 0 atom stereocenters. The molecule has 0 aliphatic carbocycles. The van der Waals surface area contributed by atoms with Crippen molar-refractivity contribution >= 4 is 31.9 Å². The molecule has 0 aromatic heterocycles. The van der Waals surface area contributed by atoms with E-state index >= 15 is 0 Å². The lowest BCUT2D eigenvalue weighted by Crippen LogP contribution is -2.35. The predicted molar refractivity (Wildman–Crippen MR) is 92.4 cm³/mol. The van der Waals surface area contributed by atoms with Crippen LogP contribution in [0, 0.1) is 11.6 Å². The van der Waals surface area contributed by atoms with E-state index in [1.54, 1.807) is 0 Å². The van der Waals surface area contributed by atoms with Crippen LogP contribution in [0.3, 0.4) is 0 Å². The normalized spacial score (nSPS) is 11.3. The number of carbonyl (C=O) groups excluding carboxylic acids is 1. The Kier molecular flexibility index (Phi) is 6.63. The molecule has 2 aromatic rings. The van der Waals surface area contributed by atoms with Crippen LogP contribution >= 0.6 is 15.9 Å². The topological polar surface area (TPSA) is 75.3 Å². The van der Waals surface area contributed by atoms with E-state index in [0.29, 0.717) is 5.56 Å². The Hall–Kier alpha value is -1.84. The smallest absolute Gasteiger partial charge is 0.240 e. The average Bonchev–Trinajstić information content (AvgIpc) is 2.56. The number of hydrogen-bond acceptors (Lipinski definition) is 3. The number of halogens is 3. The van der Waals surface area contributed by atoms with E-state index in [9.17, 15) is 22.0 Å². The van der Waals surface area contributed by atoms with Gasteiger partial charge in [0.05, 0.1) is 15.8 Å². The molecule has 0 saturated heterocycles. The van der Waals surface area contributed by atoms with Gasteiger partial charge < -0.3 is 5.32 Å². The standard InChI is InChI=1S/C16H15BrF2N2O3S/c17-14-6-5-13(10-15(14)19)25(23,24)21-8-7-20-16(22)9-11-1-3-12(18)4-2-11/h1-6,10,21H,7-9H2,(H,20,22). The molecule has 0 heterocycles. The number of benzene rings is 2. The highest BCUT2D eigenvalue weighted by Crippen LogP contribution is 2.19. The molecule has 1 amide bonds. The maximum absolute atomic E-state index is 13.4. The molecular weight excluding hydrogens is 418 g/mol. The van der Waals surface area contributed by atoms with Crippen molar-refractivity contribution in [2.45, 2.75) is 11.3 Å². The minimum atomic E-state index is -3.86. The highest BCUT2D eigenvalue weighted by atomic mass is 79.9. The predicted octanol–water partition coefficient (Wildman–Crippen LogP) is 2.36. The first-order chi connectivity index (χ1) is 11.8. The van der Waals surface area contributed by atoms with Crippen LogP contribution in [0.4, 0.5) is 8.78 Å². The Balaban J connectivity index is 1.80. The van der Waals surface area contributed by atoms with Crippen LogP contribution in [-0.2, 0) is 21.2 Å². The first-order valence-electron chi connectivity index (χ1n) is 7.24. The Morgan fingerprint density at radius 1 is 1.04 bits per heavy atom. The van der Waals surface area contributed by atoms with E-state index < -0.39 is 15.8 Å². The summed E-state index contributed by atoms with van der Waals surface area (Å²) in [5, 5.41) is 2.55. The quantitative estimate of drug-likeness (QED) is 0.659. The van der Waals surface area contributed by atoms with Crippen LogP contribution in [0.5, 0.6) is 0 Å². The summed E-state index contributed by atoms with van der Waals surface area (Å²) in [4.78, 5) is 11.5. The number of nitrogens with one attached hydrogen (secondary N) is 2. The van der Waals surface area contributed by atoms with Gasteiger partial charge in [-0.1, -0.05) is 12.1 Å². The molecule has 0 spiro atoms. The summed E-state index contributed by atoms with van der Waals surface area (Å²) in [7, 11) is -3.86. The molecule has 2 rings (SSSR count). The minimum absolute atomic E-state index is 0.0465. The number of amides is 1. The molecule has 0 bridgehead atoms. The summed E-state index contributed by atoms with van der Waals surface area (Å²) in [6.45, 7) is 0.0213. The third-order valence-electron chi connectivity index (χ3n) is 3.22. The number of hydrogen-bond donors (Lipinski definition) is 2. The van der Waals surface area contributed by atoms with Crippen molar-refractivity contribution in [3.05, 3.63) is 64.1 Å². The van der Waals surface area contributed by atoms with Gasteiger partial charge in [-0.25, -0.2) is 21.9 Å². The zero-order valence-corrected chi connectivity index (χ0v) is 15.3. The fourth-order valence-electron chi connectivity index (χ4n) is 1.96. The second-order valence-electron chi connectivity index (χ2n) is 5.13. The highest BCUT2D eigenvalue weighted by molar-refractivity contribution is 9.10. The van der Waals surface area contributed by atoms with Gasteiger partial charge in [-0.2, -0.15) is 0 Å². The summed E-state index contributed by atoms with van der Waals surface area (Å²) < 4.78 is 52.7. The van der Waals surface area contributed by atoms with Gasteiger partial charge in [0.25, 0.3) is 0 Å². The summed E-state index contributed by atoms with van der Waals surface area (Å²) in [6.07, 6.45) is 0.0605. The van der Waals surface area contributed by atoms with E-state index in [4.69, 9.17) is 0 Å². The largest absolute Gasteiger partial charge is 0.355 e. The summed E-state index contributed by atoms with van der Waals surface area (Å²) >= 11 is 2.95. The zero-order valence-electron chi connectivity index (χ0n) is 12.9. The molecule has 0 aliphatic rings. The molecule has 9 heteroatoms. The lowest BCUT2D eigenvalue weighted by atomic mass is 10.1. The van der Waals surface area contributed by atoms with Crippen LogP contribution < -0.4 is 10.0 Å². The van der Waals surface area contributed by atoms with Gasteiger partial charge >= 0.3 is 0 Å². The first-order valence-corrected chi connectivity index (χ1v) is 9.51.